The van der Waals surface area contributed by atoms with Crippen molar-refractivity contribution in [2.24, 2.45) is 5.73 Å². The Morgan fingerprint density at radius 1 is 1.50 bits per heavy atom. The molecule has 0 fully saturated rings. The largest absolute Gasteiger partial charge is 0.442 e. The number of rotatable bonds is 1. The Balaban J connectivity index is 2.42. The quantitative estimate of drug-likeness (QED) is 0.621. The second kappa shape index (κ2) is 5.65. The highest BCUT2D eigenvalue weighted by atomic mass is 16.6. The van der Waals surface area contributed by atoms with E-state index in [4.69, 9.17) is 10.5 Å². The average molecular weight is 198 g/mol. The fraction of sp³-hybridized carbons (Fsp3) is 0.700. The summed E-state index contributed by atoms with van der Waals surface area (Å²) in [5.41, 5.74) is 5.84. The molecule has 4 nitrogen and oxygen atoms in total. The molecule has 4 heteroatoms. The molecule has 1 aliphatic rings. The fourth-order valence-electron chi connectivity index (χ4n) is 1.47. The summed E-state index contributed by atoms with van der Waals surface area (Å²) in [6.45, 7) is 0. The number of amides is 1. The van der Waals surface area contributed by atoms with E-state index in [0.29, 0.717) is 0 Å². The molecular weight excluding hydrogens is 180 g/mol. The molecule has 0 bridgehead atoms. The predicted octanol–water partition coefficient (Wildman–Crippen LogP) is 1.17. The lowest BCUT2D eigenvalue weighted by molar-refractivity contribution is 0.114. The lowest BCUT2D eigenvalue weighted by Gasteiger charge is -2.19. The van der Waals surface area contributed by atoms with Gasteiger partial charge in [0.2, 0.25) is 0 Å². The van der Waals surface area contributed by atoms with Crippen molar-refractivity contribution in [1.82, 2.24) is 5.32 Å². The summed E-state index contributed by atoms with van der Waals surface area (Å²) in [6.07, 6.45) is 7.18. The van der Waals surface area contributed by atoms with E-state index in [0.717, 1.165) is 25.7 Å². The van der Waals surface area contributed by atoms with E-state index in [-0.39, 0.29) is 18.2 Å². The first kappa shape index (κ1) is 11.0. The van der Waals surface area contributed by atoms with Crippen molar-refractivity contribution in [1.29, 1.82) is 0 Å². The van der Waals surface area contributed by atoms with Crippen LogP contribution in [0.2, 0.25) is 0 Å². The Morgan fingerprint density at radius 3 is 3.00 bits per heavy atom. The molecule has 0 aromatic rings. The van der Waals surface area contributed by atoms with Gasteiger partial charge in [-0.05, 0) is 31.8 Å². The van der Waals surface area contributed by atoms with Gasteiger partial charge in [-0.1, -0.05) is 6.08 Å². The Bertz CT molecular complexity index is 216. The number of nitrogens with two attached hydrogens (primary N) is 1. The maximum atomic E-state index is 11.0. The Hall–Kier alpha value is -1.03. The van der Waals surface area contributed by atoms with Gasteiger partial charge >= 0.3 is 6.09 Å². The van der Waals surface area contributed by atoms with Crippen molar-refractivity contribution in [2.75, 3.05) is 7.05 Å². The molecule has 0 spiro atoms. The monoisotopic (exact) mass is 198 g/mol. The first-order valence-corrected chi connectivity index (χ1v) is 5.03. The molecule has 1 rings (SSSR count). The molecular formula is C10H18N2O2. The minimum atomic E-state index is -0.381. The van der Waals surface area contributed by atoms with Crippen LogP contribution in [0.3, 0.4) is 0 Å². The van der Waals surface area contributed by atoms with Crippen molar-refractivity contribution in [3.8, 4) is 0 Å². The minimum absolute atomic E-state index is 0.124. The average Bonchev–Trinajstić information content (AvgIpc) is 2.16. The van der Waals surface area contributed by atoms with Crippen LogP contribution in [0.1, 0.15) is 25.7 Å². The Kier molecular flexibility index (Phi) is 4.46. The summed E-state index contributed by atoms with van der Waals surface area (Å²) in [7, 11) is 1.56. The van der Waals surface area contributed by atoms with Gasteiger partial charge in [-0.3, -0.25) is 0 Å². The summed E-state index contributed by atoms with van der Waals surface area (Å²) >= 11 is 0. The highest BCUT2D eigenvalue weighted by Crippen LogP contribution is 2.13. The van der Waals surface area contributed by atoms with Gasteiger partial charge in [-0.2, -0.15) is 0 Å². The number of carbonyl (C=O) groups is 1. The number of nitrogens with one attached hydrogen (secondary N) is 1. The van der Waals surface area contributed by atoms with Crippen molar-refractivity contribution in [3.63, 3.8) is 0 Å². The molecule has 0 aromatic carbocycles. The van der Waals surface area contributed by atoms with Crippen LogP contribution < -0.4 is 11.1 Å². The van der Waals surface area contributed by atoms with E-state index in [1.807, 2.05) is 12.2 Å². The van der Waals surface area contributed by atoms with Gasteiger partial charge in [0, 0.05) is 13.1 Å². The second-order valence-corrected chi connectivity index (χ2v) is 3.54. The smallest absolute Gasteiger partial charge is 0.407 e. The van der Waals surface area contributed by atoms with Crippen LogP contribution in [-0.2, 0) is 4.74 Å². The van der Waals surface area contributed by atoms with E-state index in [2.05, 4.69) is 5.32 Å². The zero-order chi connectivity index (χ0) is 10.4. The van der Waals surface area contributed by atoms with E-state index >= 15 is 0 Å². The van der Waals surface area contributed by atoms with Gasteiger partial charge in [-0.15, -0.1) is 0 Å². The zero-order valence-corrected chi connectivity index (χ0v) is 8.53. The molecule has 0 heterocycles. The molecule has 2 unspecified atom stereocenters. The number of ether oxygens (including phenoxy) is 1. The summed E-state index contributed by atoms with van der Waals surface area (Å²) in [6, 6.07) is 0.232. The summed E-state index contributed by atoms with van der Waals surface area (Å²) in [5, 5.41) is 2.43. The standard InChI is InChI=1S/C10H18N2O2/c1-12-10(13)14-9-5-3-2-4-8(11)6-7-9/h3,5,8-9H,2,4,6-7,11H2,1H3,(H,12,13)/b5-3+. The van der Waals surface area contributed by atoms with Crippen LogP contribution in [0, 0.1) is 0 Å². The Labute approximate surface area is 84.5 Å². The first-order chi connectivity index (χ1) is 6.72. The third-order valence-corrected chi connectivity index (χ3v) is 2.34. The van der Waals surface area contributed by atoms with Gasteiger partial charge in [0.1, 0.15) is 6.10 Å². The predicted molar refractivity (Wildman–Crippen MR) is 54.9 cm³/mol. The van der Waals surface area contributed by atoms with Crippen molar-refractivity contribution >= 4 is 6.09 Å². The Morgan fingerprint density at radius 2 is 2.29 bits per heavy atom. The number of allylic oxidation sites excluding steroid dienone is 1. The molecule has 80 valence electrons. The number of hydrogen-bond donors (Lipinski definition) is 2. The third kappa shape index (κ3) is 3.79. The molecule has 2 atom stereocenters. The molecule has 3 N–H and O–H groups in total. The van der Waals surface area contributed by atoms with Crippen LogP contribution in [0.25, 0.3) is 0 Å². The van der Waals surface area contributed by atoms with Gasteiger partial charge in [-0.25, -0.2) is 4.79 Å². The molecule has 14 heavy (non-hydrogen) atoms. The lowest BCUT2D eigenvalue weighted by Crippen LogP contribution is -2.28. The van der Waals surface area contributed by atoms with Gasteiger partial charge < -0.3 is 15.8 Å². The van der Waals surface area contributed by atoms with Crippen molar-refractivity contribution in [3.05, 3.63) is 12.2 Å². The van der Waals surface area contributed by atoms with Gasteiger partial charge in [0.05, 0.1) is 0 Å². The summed E-state index contributed by atoms with van der Waals surface area (Å²) in [4.78, 5) is 11.0. The van der Waals surface area contributed by atoms with Gasteiger partial charge in [0.25, 0.3) is 0 Å². The molecule has 0 saturated carbocycles. The highest BCUT2D eigenvalue weighted by molar-refractivity contribution is 5.67. The van der Waals surface area contributed by atoms with Crippen molar-refractivity contribution in [2.45, 2.75) is 37.8 Å². The number of alkyl carbamates (subject to hydrolysis) is 1. The number of carbonyl (C=O) groups excluding carboxylic acids is 1. The van der Waals surface area contributed by atoms with E-state index in [1.54, 1.807) is 7.05 Å². The van der Waals surface area contributed by atoms with Crippen LogP contribution >= 0.6 is 0 Å². The zero-order valence-electron chi connectivity index (χ0n) is 8.53. The summed E-state index contributed by atoms with van der Waals surface area (Å²) < 4.78 is 5.13. The van der Waals surface area contributed by atoms with Crippen molar-refractivity contribution < 1.29 is 9.53 Å². The normalized spacial score (nSPS) is 29.9. The van der Waals surface area contributed by atoms with E-state index < -0.39 is 0 Å². The second-order valence-electron chi connectivity index (χ2n) is 3.54. The van der Waals surface area contributed by atoms with Crippen LogP contribution in [0.5, 0.6) is 0 Å². The molecule has 0 saturated heterocycles. The lowest BCUT2D eigenvalue weighted by atomic mass is 10.0. The molecule has 1 aliphatic carbocycles. The molecule has 1 amide bonds. The van der Waals surface area contributed by atoms with E-state index in [1.165, 1.54) is 0 Å². The van der Waals surface area contributed by atoms with Crippen LogP contribution in [0.4, 0.5) is 4.79 Å². The van der Waals surface area contributed by atoms with E-state index in [9.17, 15) is 4.79 Å². The summed E-state index contributed by atoms with van der Waals surface area (Å²) in [5.74, 6) is 0. The third-order valence-electron chi connectivity index (χ3n) is 2.34. The van der Waals surface area contributed by atoms with Crippen LogP contribution in [0.15, 0.2) is 12.2 Å². The topological polar surface area (TPSA) is 64.3 Å². The van der Waals surface area contributed by atoms with Crippen LogP contribution in [-0.4, -0.2) is 25.3 Å². The van der Waals surface area contributed by atoms with Gasteiger partial charge in [0.15, 0.2) is 0 Å². The maximum absolute atomic E-state index is 11.0. The minimum Gasteiger partial charge on any atom is -0.442 e. The fourth-order valence-corrected chi connectivity index (χ4v) is 1.47. The highest BCUT2D eigenvalue weighted by Gasteiger charge is 2.14. The first-order valence-electron chi connectivity index (χ1n) is 5.03. The molecule has 0 aromatic heterocycles. The maximum Gasteiger partial charge on any atom is 0.407 e. The molecule has 0 radical (unpaired) electrons. The SMILES string of the molecule is CNC(=O)OC1/C=C/CCC(N)CC1. The molecule has 0 aliphatic heterocycles. The number of hydrogen-bond acceptors (Lipinski definition) is 3.